The number of nitrogens with one attached hydrogen (secondary N) is 1. The zero-order valence-corrected chi connectivity index (χ0v) is 17.6. The fourth-order valence-corrected chi connectivity index (χ4v) is 4.10. The predicted molar refractivity (Wildman–Crippen MR) is 121 cm³/mol. The third kappa shape index (κ3) is 4.12. The van der Waals surface area contributed by atoms with E-state index in [2.05, 4.69) is 20.2 Å². The SMILES string of the molecule is O=C(Nc1ccc(C(=O)N2CCN(c3ccccn3)CC2)cc1)N1Cc2cccnc2C1. The van der Waals surface area contributed by atoms with Gasteiger partial charge in [-0.1, -0.05) is 12.1 Å². The lowest BCUT2D eigenvalue weighted by Gasteiger charge is -2.35. The second-order valence-corrected chi connectivity index (χ2v) is 7.94. The van der Waals surface area contributed by atoms with Crippen LogP contribution in [0.5, 0.6) is 0 Å². The summed E-state index contributed by atoms with van der Waals surface area (Å²) in [6.07, 6.45) is 3.53. The van der Waals surface area contributed by atoms with Gasteiger partial charge in [-0.15, -0.1) is 0 Å². The number of fused-ring (bicyclic) bond motifs is 1. The number of anilines is 2. The molecular formula is C24H24N6O2. The van der Waals surface area contributed by atoms with Gasteiger partial charge in [0, 0.05) is 56.4 Å². The van der Waals surface area contributed by atoms with Crippen LogP contribution in [0.2, 0.25) is 0 Å². The summed E-state index contributed by atoms with van der Waals surface area (Å²) in [5.74, 6) is 0.946. The molecule has 162 valence electrons. The largest absolute Gasteiger partial charge is 0.353 e. The van der Waals surface area contributed by atoms with Crippen molar-refractivity contribution >= 4 is 23.4 Å². The number of rotatable bonds is 3. The van der Waals surface area contributed by atoms with Gasteiger partial charge in [0.15, 0.2) is 0 Å². The van der Waals surface area contributed by atoms with Gasteiger partial charge in [-0.3, -0.25) is 9.78 Å². The first-order valence-electron chi connectivity index (χ1n) is 10.7. The first-order chi connectivity index (χ1) is 15.7. The highest BCUT2D eigenvalue weighted by molar-refractivity contribution is 5.95. The van der Waals surface area contributed by atoms with Gasteiger partial charge in [0.25, 0.3) is 5.91 Å². The zero-order valence-electron chi connectivity index (χ0n) is 17.6. The minimum atomic E-state index is -0.173. The molecule has 5 rings (SSSR count). The van der Waals surface area contributed by atoms with E-state index in [-0.39, 0.29) is 11.9 Å². The van der Waals surface area contributed by atoms with Crippen LogP contribution >= 0.6 is 0 Å². The van der Waals surface area contributed by atoms with Crippen molar-refractivity contribution < 1.29 is 9.59 Å². The number of benzene rings is 1. The summed E-state index contributed by atoms with van der Waals surface area (Å²) in [6, 6.07) is 16.6. The Balaban J connectivity index is 1.15. The highest BCUT2D eigenvalue weighted by Crippen LogP contribution is 2.22. The van der Waals surface area contributed by atoms with Gasteiger partial charge < -0.3 is 20.0 Å². The summed E-state index contributed by atoms with van der Waals surface area (Å²) in [5.41, 5.74) is 3.29. The third-order valence-electron chi connectivity index (χ3n) is 5.90. The second kappa shape index (κ2) is 8.66. The molecule has 0 atom stereocenters. The van der Waals surface area contributed by atoms with Crippen LogP contribution in [0.25, 0.3) is 0 Å². The number of pyridine rings is 2. The number of hydrogen-bond donors (Lipinski definition) is 1. The van der Waals surface area contributed by atoms with E-state index in [0.29, 0.717) is 37.4 Å². The van der Waals surface area contributed by atoms with E-state index in [0.717, 1.165) is 30.2 Å². The van der Waals surface area contributed by atoms with Crippen molar-refractivity contribution in [3.63, 3.8) is 0 Å². The first-order valence-corrected chi connectivity index (χ1v) is 10.7. The predicted octanol–water partition coefficient (Wildman–Crippen LogP) is 2.99. The van der Waals surface area contributed by atoms with E-state index in [1.807, 2.05) is 35.2 Å². The maximum absolute atomic E-state index is 12.9. The Kier molecular flexibility index (Phi) is 5.41. The molecular weight excluding hydrogens is 404 g/mol. The average Bonchev–Trinajstić information content (AvgIpc) is 3.29. The van der Waals surface area contributed by atoms with Crippen molar-refractivity contribution in [1.29, 1.82) is 0 Å². The Morgan fingerprint density at radius 2 is 1.56 bits per heavy atom. The average molecular weight is 428 g/mol. The number of carbonyl (C=O) groups excluding carboxylic acids is 2. The number of hydrogen-bond acceptors (Lipinski definition) is 5. The lowest BCUT2D eigenvalue weighted by molar-refractivity contribution is 0.0746. The van der Waals surface area contributed by atoms with E-state index < -0.39 is 0 Å². The fourth-order valence-electron chi connectivity index (χ4n) is 4.10. The number of amides is 3. The lowest BCUT2D eigenvalue weighted by Crippen LogP contribution is -2.49. The Hall–Kier alpha value is -3.94. The van der Waals surface area contributed by atoms with Gasteiger partial charge >= 0.3 is 6.03 Å². The van der Waals surface area contributed by atoms with E-state index in [9.17, 15) is 9.59 Å². The molecule has 8 nitrogen and oxygen atoms in total. The van der Waals surface area contributed by atoms with E-state index in [4.69, 9.17) is 0 Å². The molecule has 2 aliphatic rings. The molecule has 1 N–H and O–H groups in total. The van der Waals surface area contributed by atoms with Crippen LogP contribution in [0, 0.1) is 0 Å². The molecule has 3 aromatic rings. The Labute approximate surface area is 186 Å². The topological polar surface area (TPSA) is 81.7 Å². The van der Waals surface area contributed by atoms with Gasteiger partial charge in [0.05, 0.1) is 12.2 Å². The molecule has 0 unspecified atom stereocenters. The summed E-state index contributed by atoms with van der Waals surface area (Å²) < 4.78 is 0. The molecule has 3 amide bonds. The van der Waals surface area contributed by atoms with Crippen LogP contribution in [0.15, 0.2) is 67.0 Å². The molecule has 8 heteroatoms. The molecule has 4 heterocycles. The van der Waals surface area contributed by atoms with Crippen LogP contribution in [-0.2, 0) is 13.1 Å². The van der Waals surface area contributed by atoms with Crippen LogP contribution < -0.4 is 10.2 Å². The number of carbonyl (C=O) groups is 2. The van der Waals surface area contributed by atoms with Crippen molar-refractivity contribution in [2.75, 3.05) is 36.4 Å². The third-order valence-corrected chi connectivity index (χ3v) is 5.90. The molecule has 2 aromatic heterocycles. The lowest BCUT2D eigenvalue weighted by atomic mass is 10.1. The Bertz CT molecular complexity index is 1090. The van der Waals surface area contributed by atoms with Crippen molar-refractivity contribution in [2.45, 2.75) is 13.1 Å². The van der Waals surface area contributed by atoms with Crippen LogP contribution in [0.4, 0.5) is 16.3 Å². The highest BCUT2D eigenvalue weighted by atomic mass is 16.2. The molecule has 0 aliphatic carbocycles. The van der Waals surface area contributed by atoms with E-state index in [1.54, 1.807) is 41.6 Å². The van der Waals surface area contributed by atoms with Crippen molar-refractivity contribution in [3.05, 3.63) is 83.8 Å². The number of piperazine rings is 1. The normalized spacial score (nSPS) is 15.4. The summed E-state index contributed by atoms with van der Waals surface area (Å²) >= 11 is 0. The van der Waals surface area contributed by atoms with Crippen LogP contribution in [0.1, 0.15) is 21.6 Å². The number of nitrogens with zero attached hydrogens (tertiary/aromatic N) is 5. The van der Waals surface area contributed by atoms with Gasteiger partial charge in [-0.25, -0.2) is 9.78 Å². The number of urea groups is 1. The van der Waals surface area contributed by atoms with Crippen LogP contribution in [0.3, 0.4) is 0 Å². The molecule has 0 bridgehead atoms. The van der Waals surface area contributed by atoms with Gasteiger partial charge in [0.1, 0.15) is 5.82 Å². The number of aromatic nitrogens is 2. The standard InChI is InChI=1S/C24H24N6O2/c31-23(29-14-12-28(13-15-29)22-5-1-2-10-26-22)18-6-8-20(9-7-18)27-24(32)30-16-19-4-3-11-25-21(19)17-30/h1-11H,12-17H2,(H,27,32). The summed E-state index contributed by atoms with van der Waals surface area (Å²) in [6.45, 7) is 3.86. The smallest absolute Gasteiger partial charge is 0.322 e. The van der Waals surface area contributed by atoms with E-state index >= 15 is 0 Å². The minimum absolute atomic E-state index is 0.00427. The maximum Gasteiger partial charge on any atom is 0.322 e. The van der Waals surface area contributed by atoms with Crippen molar-refractivity contribution in [2.24, 2.45) is 0 Å². The molecule has 0 spiro atoms. The second-order valence-electron chi connectivity index (χ2n) is 7.94. The van der Waals surface area contributed by atoms with Crippen molar-refractivity contribution in [1.82, 2.24) is 19.8 Å². The zero-order chi connectivity index (χ0) is 21.9. The van der Waals surface area contributed by atoms with Gasteiger partial charge in [0.2, 0.25) is 0 Å². The molecule has 2 aliphatic heterocycles. The van der Waals surface area contributed by atoms with Gasteiger partial charge in [-0.05, 0) is 48.0 Å². The van der Waals surface area contributed by atoms with E-state index in [1.165, 1.54) is 0 Å². The van der Waals surface area contributed by atoms with Crippen LogP contribution in [-0.4, -0.2) is 57.9 Å². The summed E-state index contributed by atoms with van der Waals surface area (Å²) in [4.78, 5) is 40.0. The molecule has 0 saturated carbocycles. The van der Waals surface area contributed by atoms with Crippen molar-refractivity contribution in [3.8, 4) is 0 Å². The summed E-state index contributed by atoms with van der Waals surface area (Å²) in [5, 5.41) is 2.91. The van der Waals surface area contributed by atoms with Gasteiger partial charge in [-0.2, -0.15) is 0 Å². The minimum Gasteiger partial charge on any atom is -0.353 e. The highest BCUT2D eigenvalue weighted by Gasteiger charge is 2.25. The maximum atomic E-state index is 12.9. The molecule has 0 radical (unpaired) electrons. The monoisotopic (exact) mass is 428 g/mol. The Morgan fingerprint density at radius 3 is 2.28 bits per heavy atom. The molecule has 1 fully saturated rings. The Morgan fingerprint density at radius 1 is 0.781 bits per heavy atom. The quantitative estimate of drug-likeness (QED) is 0.694. The molecule has 1 saturated heterocycles. The first kappa shape index (κ1) is 20.0. The fraction of sp³-hybridized carbons (Fsp3) is 0.250. The summed E-state index contributed by atoms with van der Waals surface area (Å²) in [7, 11) is 0. The molecule has 1 aromatic carbocycles. The molecule has 32 heavy (non-hydrogen) atoms.